The number of carbonyl (C=O) groups is 1. The Balaban J connectivity index is 1.83. The molecule has 0 spiro atoms. The number of hydrogen-bond donors (Lipinski definition) is 1. The van der Waals surface area contributed by atoms with E-state index in [9.17, 15) is 9.18 Å². The summed E-state index contributed by atoms with van der Waals surface area (Å²) in [5.74, 6) is 0.0989. The zero-order chi connectivity index (χ0) is 14.2. The predicted molar refractivity (Wildman–Crippen MR) is 72.7 cm³/mol. The first-order valence-corrected chi connectivity index (χ1v) is 6.99. The van der Waals surface area contributed by atoms with Crippen LogP contribution in [0.4, 0.5) is 9.18 Å². The third-order valence-corrected chi connectivity index (χ3v) is 4.49. The van der Waals surface area contributed by atoms with Gasteiger partial charge in [0, 0.05) is 13.1 Å². The van der Waals surface area contributed by atoms with Gasteiger partial charge in [-0.25, -0.2) is 9.18 Å². The Morgan fingerprint density at radius 1 is 1.55 bits per heavy atom. The molecular formula is C15H19FN2O2. The van der Waals surface area contributed by atoms with Crippen LogP contribution in [0.25, 0.3) is 0 Å². The average molecular weight is 278 g/mol. The van der Waals surface area contributed by atoms with Crippen LogP contribution in [0.15, 0.2) is 24.3 Å². The molecule has 0 saturated carbocycles. The maximum Gasteiger partial charge on any atom is 0.410 e. The van der Waals surface area contributed by atoms with E-state index in [0.717, 1.165) is 25.1 Å². The number of ether oxygens (including phenoxy) is 1. The van der Waals surface area contributed by atoms with E-state index in [1.807, 2.05) is 6.07 Å². The highest BCUT2D eigenvalue weighted by molar-refractivity contribution is 5.71. The Morgan fingerprint density at radius 3 is 3.10 bits per heavy atom. The second-order valence-corrected chi connectivity index (χ2v) is 5.82. The van der Waals surface area contributed by atoms with Gasteiger partial charge in [-0.05, 0) is 43.5 Å². The lowest BCUT2D eigenvalue weighted by atomic mass is 9.84. The van der Waals surface area contributed by atoms with Gasteiger partial charge in [0.25, 0.3) is 0 Å². The van der Waals surface area contributed by atoms with Crippen LogP contribution < -0.4 is 5.32 Å². The van der Waals surface area contributed by atoms with E-state index in [1.54, 1.807) is 11.0 Å². The van der Waals surface area contributed by atoms with Crippen molar-refractivity contribution in [1.29, 1.82) is 0 Å². The van der Waals surface area contributed by atoms with Gasteiger partial charge in [0.2, 0.25) is 0 Å². The topological polar surface area (TPSA) is 41.6 Å². The first-order chi connectivity index (χ1) is 9.59. The minimum Gasteiger partial charge on any atom is -0.447 e. The molecule has 2 aliphatic rings. The van der Waals surface area contributed by atoms with Crippen LogP contribution in [-0.2, 0) is 11.3 Å². The summed E-state index contributed by atoms with van der Waals surface area (Å²) in [7, 11) is 0. The van der Waals surface area contributed by atoms with Crippen LogP contribution >= 0.6 is 0 Å². The van der Waals surface area contributed by atoms with Gasteiger partial charge in [0.05, 0.1) is 5.54 Å². The van der Waals surface area contributed by atoms with Crippen molar-refractivity contribution < 1.29 is 13.9 Å². The number of nitrogens with one attached hydrogen (secondary N) is 1. The molecule has 2 heterocycles. The minimum absolute atomic E-state index is 0.278. The SMILES string of the molecule is CC1(C2CCNC2)COC(=O)N1Cc1cccc(F)c1. The summed E-state index contributed by atoms with van der Waals surface area (Å²) in [4.78, 5) is 13.8. The molecule has 2 aliphatic heterocycles. The molecule has 20 heavy (non-hydrogen) atoms. The van der Waals surface area contributed by atoms with Crippen molar-refractivity contribution in [2.24, 2.45) is 5.92 Å². The molecule has 2 saturated heterocycles. The van der Waals surface area contributed by atoms with E-state index in [2.05, 4.69) is 12.2 Å². The molecule has 1 aromatic rings. The fourth-order valence-corrected chi connectivity index (χ4v) is 3.16. The predicted octanol–water partition coefficient (Wildman–Crippen LogP) is 2.15. The molecule has 108 valence electrons. The summed E-state index contributed by atoms with van der Waals surface area (Å²) in [5.41, 5.74) is 0.480. The Hall–Kier alpha value is -1.62. The lowest BCUT2D eigenvalue weighted by molar-refractivity contribution is 0.117. The molecule has 0 aliphatic carbocycles. The lowest BCUT2D eigenvalue weighted by Gasteiger charge is -2.36. The van der Waals surface area contributed by atoms with Crippen molar-refractivity contribution in [2.75, 3.05) is 19.7 Å². The number of carbonyl (C=O) groups excluding carboxylic acids is 1. The van der Waals surface area contributed by atoms with Gasteiger partial charge in [-0.3, -0.25) is 4.90 Å². The van der Waals surface area contributed by atoms with E-state index >= 15 is 0 Å². The summed E-state index contributed by atoms with van der Waals surface area (Å²) in [6.07, 6.45) is 0.732. The molecule has 0 bridgehead atoms. The summed E-state index contributed by atoms with van der Waals surface area (Å²) < 4.78 is 18.5. The lowest BCUT2D eigenvalue weighted by Crippen LogP contribution is -2.50. The van der Waals surface area contributed by atoms with Gasteiger partial charge in [-0.1, -0.05) is 12.1 Å². The smallest absolute Gasteiger partial charge is 0.410 e. The van der Waals surface area contributed by atoms with Crippen LogP contribution in [0.2, 0.25) is 0 Å². The molecule has 0 aromatic heterocycles. The molecule has 1 amide bonds. The molecule has 4 nitrogen and oxygen atoms in total. The summed E-state index contributed by atoms with van der Waals surface area (Å²) in [6.45, 7) is 4.74. The zero-order valence-corrected chi connectivity index (χ0v) is 11.6. The first-order valence-electron chi connectivity index (χ1n) is 6.99. The highest BCUT2D eigenvalue weighted by Gasteiger charge is 2.49. The zero-order valence-electron chi connectivity index (χ0n) is 11.6. The van der Waals surface area contributed by atoms with E-state index < -0.39 is 0 Å². The molecule has 2 atom stereocenters. The number of benzene rings is 1. The van der Waals surface area contributed by atoms with Crippen LogP contribution in [0.3, 0.4) is 0 Å². The second-order valence-electron chi connectivity index (χ2n) is 5.82. The minimum atomic E-state index is -0.313. The molecule has 3 rings (SSSR count). The number of nitrogens with zero attached hydrogens (tertiary/aromatic N) is 1. The van der Waals surface area contributed by atoms with Crippen LogP contribution in [-0.4, -0.2) is 36.2 Å². The fraction of sp³-hybridized carbons (Fsp3) is 0.533. The van der Waals surface area contributed by atoms with Crippen LogP contribution in [0, 0.1) is 11.7 Å². The van der Waals surface area contributed by atoms with E-state index in [4.69, 9.17) is 4.74 Å². The number of rotatable bonds is 3. The van der Waals surface area contributed by atoms with Gasteiger partial charge < -0.3 is 10.1 Å². The summed E-state index contributed by atoms with van der Waals surface area (Å²) >= 11 is 0. The van der Waals surface area contributed by atoms with Gasteiger partial charge >= 0.3 is 6.09 Å². The molecular weight excluding hydrogens is 259 g/mol. The Morgan fingerprint density at radius 2 is 2.40 bits per heavy atom. The summed E-state index contributed by atoms with van der Waals surface area (Å²) in [5, 5.41) is 3.33. The standard InChI is InChI=1S/C15H19FN2O2/c1-15(12-5-6-17-8-12)10-20-14(19)18(15)9-11-3-2-4-13(16)7-11/h2-4,7,12,17H,5-6,8-10H2,1H3. The Labute approximate surface area is 117 Å². The molecule has 1 N–H and O–H groups in total. The Kier molecular flexibility index (Phi) is 3.38. The number of hydrogen-bond acceptors (Lipinski definition) is 3. The Bertz CT molecular complexity index is 516. The summed E-state index contributed by atoms with van der Waals surface area (Å²) in [6, 6.07) is 6.38. The highest BCUT2D eigenvalue weighted by Crippen LogP contribution is 2.36. The van der Waals surface area contributed by atoms with E-state index in [1.165, 1.54) is 12.1 Å². The third kappa shape index (κ3) is 2.26. The maximum absolute atomic E-state index is 13.3. The molecule has 1 aromatic carbocycles. The largest absolute Gasteiger partial charge is 0.447 e. The van der Waals surface area contributed by atoms with E-state index in [0.29, 0.717) is 19.1 Å². The normalized spacial score (nSPS) is 29.8. The number of halogens is 1. The molecule has 0 radical (unpaired) electrons. The van der Waals surface area contributed by atoms with Crippen molar-refractivity contribution in [2.45, 2.75) is 25.4 Å². The average Bonchev–Trinajstić information content (AvgIpc) is 3.04. The van der Waals surface area contributed by atoms with Gasteiger partial charge in [0.1, 0.15) is 12.4 Å². The van der Waals surface area contributed by atoms with Gasteiger partial charge in [-0.15, -0.1) is 0 Å². The fourth-order valence-electron chi connectivity index (χ4n) is 3.16. The van der Waals surface area contributed by atoms with Crippen LogP contribution in [0.1, 0.15) is 18.9 Å². The third-order valence-electron chi connectivity index (χ3n) is 4.49. The highest BCUT2D eigenvalue weighted by atomic mass is 19.1. The van der Waals surface area contributed by atoms with Crippen molar-refractivity contribution >= 4 is 6.09 Å². The second kappa shape index (κ2) is 5.05. The van der Waals surface area contributed by atoms with E-state index in [-0.39, 0.29) is 17.4 Å². The quantitative estimate of drug-likeness (QED) is 0.921. The monoisotopic (exact) mass is 278 g/mol. The van der Waals surface area contributed by atoms with Crippen molar-refractivity contribution in [1.82, 2.24) is 10.2 Å². The van der Waals surface area contributed by atoms with Crippen molar-refractivity contribution in [3.8, 4) is 0 Å². The first kappa shape index (κ1) is 13.4. The molecule has 2 unspecified atom stereocenters. The van der Waals surface area contributed by atoms with Crippen molar-refractivity contribution in [3.63, 3.8) is 0 Å². The van der Waals surface area contributed by atoms with Crippen LogP contribution in [0.5, 0.6) is 0 Å². The maximum atomic E-state index is 13.3. The van der Waals surface area contributed by atoms with Gasteiger partial charge in [0.15, 0.2) is 0 Å². The molecule has 2 fully saturated rings. The van der Waals surface area contributed by atoms with Crippen molar-refractivity contribution in [3.05, 3.63) is 35.6 Å². The van der Waals surface area contributed by atoms with Gasteiger partial charge in [-0.2, -0.15) is 0 Å². The molecule has 5 heteroatoms. The number of cyclic esters (lactones) is 1. The number of amides is 1.